The molecule has 1 heterocycles. The van der Waals surface area contributed by atoms with Gasteiger partial charge in [0.05, 0.1) is 13.2 Å². The van der Waals surface area contributed by atoms with Crippen LogP contribution in [-0.2, 0) is 9.47 Å². The lowest BCUT2D eigenvalue weighted by Gasteiger charge is -2.27. The molecule has 2 aromatic rings. The summed E-state index contributed by atoms with van der Waals surface area (Å²) in [7, 11) is 0. The SMILES string of the molecule is Fc1cc(C2OCC(S)CO2)ccc1-c1cc(F)c(F)c(F)c1. The van der Waals surface area contributed by atoms with Crippen molar-refractivity contribution in [1.82, 2.24) is 0 Å². The number of hydrogen-bond acceptors (Lipinski definition) is 3. The number of rotatable bonds is 2. The number of benzene rings is 2. The highest BCUT2D eigenvalue weighted by Crippen LogP contribution is 2.30. The lowest BCUT2D eigenvalue weighted by molar-refractivity contribution is -0.179. The highest BCUT2D eigenvalue weighted by Gasteiger charge is 2.22. The monoisotopic (exact) mass is 344 g/mol. The molecule has 0 N–H and O–H groups in total. The summed E-state index contributed by atoms with van der Waals surface area (Å²) < 4.78 is 64.6. The topological polar surface area (TPSA) is 18.5 Å². The molecule has 0 radical (unpaired) electrons. The number of ether oxygens (including phenoxy) is 2. The minimum absolute atomic E-state index is 0.0412. The summed E-state index contributed by atoms with van der Waals surface area (Å²) in [6, 6.07) is 5.53. The van der Waals surface area contributed by atoms with Gasteiger partial charge in [0.1, 0.15) is 5.82 Å². The van der Waals surface area contributed by atoms with E-state index in [0.29, 0.717) is 18.8 Å². The predicted molar refractivity (Wildman–Crippen MR) is 79.1 cm³/mol. The lowest BCUT2D eigenvalue weighted by atomic mass is 10.0. The van der Waals surface area contributed by atoms with E-state index in [2.05, 4.69) is 12.6 Å². The van der Waals surface area contributed by atoms with Crippen LogP contribution >= 0.6 is 12.6 Å². The highest BCUT2D eigenvalue weighted by atomic mass is 32.1. The van der Waals surface area contributed by atoms with Gasteiger partial charge in [-0.25, -0.2) is 17.6 Å². The Balaban J connectivity index is 1.91. The van der Waals surface area contributed by atoms with Crippen molar-refractivity contribution in [2.45, 2.75) is 11.5 Å². The molecule has 2 aromatic carbocycles. The summed E-state index contributed by atoms with van der Waals surface area (Å²) in [6.07, 6.45) is -0.719. The molecule has 7 heteroatoms. The molecule has 3 rings (SSSR count). The summed E-state index contributed by atoms with van der Waals surface area (Å²) in [6.45, 7) is 0.733. The quantitative estimate of drug-likeness (QED) is 0.499. The Bertz CT molecular complexity index is 707. The van der Waals surface area contributed by atoms with Gasteiger partial charge in [0.25, 0.3) is 0 Å². The predicted octanol–water partition coefficient (Wildman–Crippen LogP) is 4.25. The van der Waals surface area contributed by atoms with Gasteiger partial charge in [-0.1, -0.05) is 12.1 Å². The molecular weight excluding hydrogens is 332 g/mol. The minimum atomic E-state index is -1.59. The van der Waals surface area contributed by atoms with E-state index >= 15 is 0 Å². The van der Waals surface area contributed by atoms with Gasteiger partial charge < -0.3 is 9.47 Å². The van der Waals surface area contributed by atoms with E-state index in [0.717, 1.165) is 18.2 Å². The van der Waals surface area contributed by atoms with Gasteiger partial charge in [-0.2, -0.15) is 12.6 Å². The van der Waals surface area contributed by atoms with Crippen LogP contribution in [0.5, 0.6) is 0 Å². The molecule has 23 heavy (non-hydrogen) atoms. The molecule has 0 aliphatic carbocycles. The van der Waals surface area contributed by atoms with Crippen molar-refractivity contribution in [1.29, 1.82) is 0 Å². The third-order valence-corrected chi connectivity index (χ3v) is 3.74. The number of thiol groups is 1. The first kappa shape index (κ1) is 16.3. The zero-order valence-corrected chi connectivity index (χ0v) is 12.6. The van der Waals surface area contributed by atoms with Crippen molar-refractivity contribution >= 4 is 12.6 Å². The van der Waals surface area contributed by atoms with Gasteiger partial charge in [0.2, 0.25) is 0 Å². The largest absolute Gasteiger partial charge is 0.347 e. The van der Waals surface area contributed by atoms with Gasteiger partial charge >= 0.3 is 0 Å². The molecule has 1 aliphatic rings. The van der Waals surface area contributed by atoms with Crippen molar-refractivity contribution in [3.63, 3.8) is 0 Å². The fourth-order valence-corrected chi connectivity index (χ4v) is 2.48. The number of hydrogen-bond donors (Lipinski definition) is 1. The van der Waals surface area contributed by atoms with Crippen LogP contribution in [0.2, 0.25) is 0 Å². The first-order chi connectivity index (χ1) is 11.0. The fraction of sp³-hybridized carbons (Fsp3) is 0.250. The van der Waals surface area contributed by atoms with Crippen LogP contribution < -0.4 is 0 Å². The van der Waals surface area contributed by atoms with Crippen molar-refractivity contribution in [3.05, 3.63) is 59.2 Å². The van der Waals surface area contributed by atoms with E-state index in [-0.39, 0.29) is 16.4 Å². The van der Waals surface area contributed by atoms with E-state index in [1.165, 1.54) is 12.1 Å². The van der Waals surface area contributed by atoms with Gasteiger partial charge in [0, 0.05) is 16.4 Å². The molecule has 0 atom stereocenters. The Labute approximate surface area is 135 Å². The molecular formula is C16H12F4O2S. The third-order valence-electron chi connectivity index (χ3n) is 3.44. The third kappa shape index (κ3) is 3.36. The van der Waals surface area contributed by atoms with Gasteiger partial charge in [-0.15, -0.1) is 0 Å². The van der Waals surface area contributed by atoms with Crippen LogP contribution in [-0.4, -0.2) is 18.5 Å². The van der Waals surface area contributed by atoms with Crippen LogP contribution in [0.25, 0.3) is 11.1 Å². The Hall–Kier alpha value is -1.57. The minimum Gasteiger partial charge on any atom is -0.347 e. The second kappa shape index (κ2) is 6.51. The smallest absolute Gasteiger partial charge is 0.194 e. The molecule has 1 fully saturated rings. The summed E-state index contributed by atoms with van der Waals surface area (Å²) >= 11 is 4.20. The molecule has 0 saturated carbocycles. The Morgan fingerprint density at radius 1 is 0.870 bits per heavy atom. The molecule has 1 aliphatic heterocycles. The molecule has 0 aromatic heterocycles. The summed E-state index contributed by atoms with van der Waals surface area (Å²) in [4.78, 5) is 0. The summed E-state index contributed by atoms with van der Waals surface area (Å²) in [5.74, 6) is -5.05. The Morgan fingerprint density at radius 2 is 1.48 bits per heavy atom. The summed E-state index contributed by atoms with van der Waals surface area (Å²) in [5, 5.41) is -0.0412. The van der Waals surface area contributed by atoms with E-state index in [4.69, 9.17) is 9.47 Å². The van der Waals surface area contributed by atoms with Crippen molar-refractivity contribution in [2.75, 3.05) is 13.2 Å². The molecule has 0 amide bonds. The molecule has 0 spiro atoms. The summed E-state index contributed by atoms with van der Waals surface area (Å²) in [5.41, 5.74) is 0.301. The molecule has 0 unspecified atom stereocenters. The Morgan fingerprint density at radius 3 is 2.04 bits per heavy atom. The first-order valence-electron chi connectivity index (χ1n) is 6.81. The first-order valence-corrected chi connectivity index (χ1v) is 7.33. The van der Waals surface area contributed by atoms with Crippen LogP contribution in [0.3, 0.4) is 0 Å². The maximum atomic E-state index is 14.3. The second-order valence-corrected chi connectivity index (χ2v) is 5.88. The van der Waals surface area contributed by atoms with Gasteiger partial charge in [0.15, 0.2) is 23.7 Å². The molecule has 2 nitrogen and oxygen atoms in total. The van der Waals surface area contributed by atoms with Crippen molar-refractivity contribution < 1.29 is 27.0 Å². The van der Waals surface area contributed by atoms with Crippen LogP contribution in [0.4, 0.5) is 17.6 Å². The number of halogens is 4. The second-order valence-electron chi connectivity index (χ2n) is 5.15. The van der Waals surface area contributed by atoms with E-state index in [1.54, 1.807) is 0 Å². The van der Waals surface area contributed by atoms with Gasteiger partial charge in [-0.3, -0.25) is 0 Å². The van der Waals surface area contributed by atoms with E-state index in [1.807, 2.05) is 0 Å². The Kier molecular flexibility index (Phi) is 4.61. The highest BCUT2D eigenvalue weighted by molar-refractivity contribution is 7.81. The normalized spacial score (nSPS) is 21.4. The maximum absolute atomic E-state index is 14.3. The van der Waals surface area contributed by atoms with Crippen LogP contribution in [0.15, 0.2) is 30.3 Å². The molecule has 0 bridgehead atoms. The van der Waals surface area contributed by atoms with Crippen molar-refractivity contribution in [2.24, 2.45) is 0 Å². The fourth-order valence-electron chi connectivity index (χ4n) is 2.31. The zero-order chi connectivity index (χ0) is 16.6. The van der Waals surface area contributed by atoms with Crippen LogP contribution in [0.1, 0.15) is 11.9 Å². The molecule has 1 saturated heterocycles. The average molecular weight is 344 g/mol. The lowest BCUT2D eigenvalue weighted by Crippen LogP contribution is -2.27. The zero-order valence-electron chi connectivity index (χ0n) is 11.7. The average Bonchev–Trinajstić information content (AvgIpc) is 2.53. The van der Waals surface area contributed by atoms with E-state index in [9.17, 15) is 17.6 Å². The van der Waals surface area contributed by atoms with E-state index < -0.39 is 29.6 Å². The standard InChI is InChI=1S/C16H12F4O2S/c17-12-3-8(16-21-6-10(23)7-22-16)1-2-11(12)9-4-13(18)15(20)14(19)5-9/h1-5,10,16,23H,6-7H2. The van der Waals surface area contributed by atoms with Crippen LogP contribution in [0, 0.1) is 23.3 Å². The maximum Gasteiger partial charge on any atom is 0.194 e. The molecule has 122 valence electrons. The van der Waals surface area contributed by atoms with Crippen molar-refractivity contribution in [3.8, 4) is 11.1 Å². The van der Waals surface area contributed by atoms with Gasteiger partial charge in [-0.05, 0) is 23.8 Å².